The van der Waals surface area contributed by atoms with Gasteiger partial charge in [-0.1, -0.05) is 29.8 Å². The lowest BCUT2D eigenvalue weighted by molar-refractivity contribution is 0.440. The molecule has 0 unspecified atom stereocenters. The minimum absolute atomic E-state index is 0.228. The molecule has 0 aliphatic heterocycles. The van der Waals surface area contributed by atoms with Gasteiger partial charge in [0.05, 0.1) is 5.56 Å². The fourth-order valence-corrected chi connectivity index (χ4v) is 2.51. The summed E-state index contributed by atoms with van der Waals surface area (Å²) in [6, 6.07) is 6.71. The predicted molar refractivity (Wildman–Crippen MR) is 85.8 cm³/mol. The summed E-state index contributed by atoms with van der Waals surface area (Å²) in [5, 5.41) is 13.9. The molecule has 0 saturated heterocycles. The molecule has 1 fully saturated rings. The van der Waals surface area contributed by atoms with Gasteiger partial charge in [-0.3, -0.25) is 0 Å². The number of anilines is 1. The van der Waals surface area contributed by atoms with Crippen LogP contribution in [0.1, 0.15) is 29.7 Å². The van der Waals surface area contributed by atoms with Crippen molar-refractivity contribution in [2.45, 2.75) is 39.2 Å². The largest absolute Gasteiger partial charge is 0.504 e. The Morgan fingerprint density at radius 1 is 1.38 bits per heavy atom. The van der Waals surface area contributed by atoms with E-state index in [9.17, 15) is 5.11 Å². The maximum atomic E-state index is 10.6. The topological polar surface area (TPSA) is 45.4 Å². The molecule has 2 aromatic rings. The molecule has 0 radical (unpaired) electrons. The first-order valence-electron chi connectivity index (χ1n) is 7.40. The van der Waals surface area contributed by atoms with E-state index < -0.39 is 0 Å². The Morgan fingerprint density at radius 2 is 2.14 bits per heavy atom. The number of rotatable bonds is 5. The number of benzene rings is 1. The maximum Gasteiger partial charge on any atom is 0.205 e. The van der Waals surface area contributed by atoms with Gasteiger partial charge in [0, 0.05) is 12.5 Å². The van der Waals surface area contributed by atoms with Crippen LogP contribution in [0.3, 0.4) is 0 Å². The van der Waals surface area contributed by atoms with E-state index in [2.05, 4.69) is 43.9 Å². The molecule has 21 heavy (non-hydrogen) atoms. The summed E-state index contributed by atoms with van der Waals surface area (Å²) in [4.78, 5) is 0. The number of furan rings is 1. The van der Waals surface area contributed by atoms with E-state index in [0.717, 1.165) is 29.5 Å². The molecule has 1 aromatic heterocycles. The molecule has 1 heterocycles. The molecule has 1 aromatic carbocycles. The first kappa shape index (κ1) is 13.8. The molecule has 1 aliphatic rings. The van der Waals surface area contributed by atoms with Crippen molar-refractivity contribution in [1.82, 2.24) is 0 Å². The molecule has 1 saturated carbocycles. The van der Waals surface area contributed by atoms with Crippen LogP contribution in [0.2, 0.25) is 0 Å². The van der Waals surface area contributed by atoms with E-state index in [1.165, 1.54) is 5.56 Å². The summed E-state index contributed by atoms with van der Waals surface area (Å²) >= 11 is 0. The second kappa shape index (κ2) is 5.32. The highest BCUT2D eigenvalue weighted by Crippen LogP contribution is 2.44. The monoisotopic (exact) mass is 283 g/mol. The molecule has 3 heteroatoms. The van der Waals surface area contributed by atoms with Gasteiger partial charge in [-0.15, -0.1) is 6.58 Å². The second-order valence-electron chi connectivity index (χ2n) is 5.81. The molecule has 0 atom stereocenters. The third-order valence-electron chi connectivity index (χ3n) is 3.86. The van der Waals surface area contributed by atoms with Crippen LogP contribution in [0.4, 0.5) is 5.88 Å². The van der Waals surface area contributed by atoms with Crippen molar-refractivity contribution in [3.63, 3.8) is 0 Å². The van der Waals surface area contributed by atoms with E-state index >= 15 is 0 Å². The Bertz CT molecular complexity index is 681. The van der Waals surface area contributed by atoms with Gasteiger partial charge in [-0.05, 0) is 37.8 Å². The van der Waals surface area contributed by atoms with E-state index in [1.54, 1.807) is 6.08 Å². The van der Waals surface area contributed by atoms with Crippen molar-refractivity contribution in [3.05, 3.63) is 47.7 Å². The lowest BCUT2D eigenvalue weighted by atomic mass is 9.98. The van der Waals surface area contributed by atoms with Crippen LogP contribution < -0.4 is 5.32 Å². The number of hydrogen-bond donors (Lipinski definition) is 2. The van der Waals surface area contributed by atoms with E-state index in [4.69, 9.17) is 4.42 Å². The van der Waals surface area contributed by atoms with Crippen LogP contribution in [0.15, 0.2) is 35.3 Å². The number of allylic oxidation sites excluding steroid dienone is 1. The van der Waals surface area contributed by atoms with Gasteiger partial charge in [-0.25, -0.2) is 0 Å². The van der Waals surface area contributed by atoms with E-state index in [0.29, 0.717) is 24.1 Å². The summed E-state index contributed by atoms with van der Waals surface area (Å²) in [5.74, 6) is 1.48. The van der Waals surface area contributed by atoms with Gasteiger partial charge in [0.15, 0.2) is 11.5 Å². The summed E-state index contributed by atoms with van der Waals surface area (Å²) in [6.45, 7) is 7.83. The Balaban J connectivity index is 2.13. The van der Waals surface area contributed by atoms with E-state index in [-0.39, 0.29) is 5.75 Å². The standard InChI is InChI=1S/C18H21NO2/c1-4-5-15-17(20)16(18(21-15)19-13-8-9-13)14-10-11(2)6-7-12(14)3/h4,6-7,10,13,19-20H,1,5,8-9H2,2-3H3. The highest BCUT2D eigenvalue weighted by Gasteiger charge is 2.28. The molecular weight excluding hydrogens is 262 g/mol. The number of aryl methyl sites for hydroxylation is 2. The van der Waals surface area contributed by atoms with Crippen LogP contribution >= 0.6 is 0 Å². The van der Waals surface area contributed by atoms with Crippen molar-refractivity contribution in [2.24, 2.45) is 0 Å². The van der Waals surface area contributed by atoms with Crippen LogP contribution in [-0.4, -0.2) is 11.1 Å². The zero-order chi connectivity index (χ0) is 15.0. The average Bonchev–Trinajstić information content (AvgIpc) is 3.20. The SMILES string of the molecule is C=CCc1oc(NC2CC2)c(-c2cc(C)ccc2C)c1O. The molecule has 2 N–H and O–H groups in total. The molecular formula is C18H21NO2. The third-order valence-corrected chi connectivity index (χ3v) is 3.86. The predicted octanol–water partition coefficient (Wildman–Crippen LogP) is 4.57. The molecule has 0 amide bonds. The normalized spacial score (nSPS) is 14.2. The summed E-state index contributed by atoms with van der Waals surface area (Å²) in [7, 11) is 0. The number of nitrogens with one attached hydrogen (secondary N) is 1. The Morgan fingerprint density at radius 3 is 2.81 bits per heavy atom. The molecule has 3 rings (SSSR count). The average molecular weight is 283 g/mol. The Labute approximate surface area is 125 Å². The first-order chi connectivity index (χ1) is 10.1. The van der Waals surface area contributed by atoms with Crippen LogP contribution in [-0.2, 0) is 6.42 Å². The fraction of sp³-hybridized carbons (Fsp3) is 0.333. The molecule has 3 nitrogen and oxygen atoms in total. The summed E-state index contributed by atoms with van der Waals surface area (Å²) < 4.78 is 5.85. The molecule has 0 spiro atoms. The second-order valence-corrected chi connectivity index (χ2v) is 5.81. The summed E-state index contributed by atoms with van der Waals surface area (Å²) in [6.07, 6.45) is 4.58. The smallest absolute Gasteiger partial charge is 0.205 e. The van der Waals surface area contributed by atoms with Crippen molar-refractivity contribution < 1.29 is 9.52 Å². The quantitative estimate of drug-likeness (QED) is 0.790. The number of hydrogen-bond acceptors (Lipinski definition) is 3. The molecule has 1 aliphatic carbocycles. The minimum atomic E-state index is 0.228. The van der Waals surface area contributed by atoms with Gasteiger partial charge in [0.25, 0.3) is 0 Å². The van der Waals surface area contributed by atoms with Gasteiger partial charge >= 0.3 is 0 Å². The van der Waals surface area contributed by atoms with Crippen LogP contribution in [0.5, 0.6) is 5.75 Å². The van der Waals surface area contributed by atoms with Crippen LogP contribution in [0, 0.1) is 13.8 Å². The lowest BCUT2D eigenvalue weighted by Gasteiger charge is -2.09. The Hall–Kier alpha value is -2.16. The van der Waals surface area contributed by atoms with Crippen molar-refractivity contribution >= 4 is 5.88 Å². The maximum absolute atomic E-state index is 10.6. The fourth-order valence-electron chi connectivity index (χ4n) is 2.51. The minimum Gasteiger partial charge on any atom is -0.504 e. The van der Waals surface area contributed by atoms with Gasteiger partial charge in [0.2, 0.25) is 5.88 Å². The van der Waals surface area contributed by atoms with Crippen molar-refractivity contribution in [3.8, 4) is 16.9 Å². The van der Waals surface area contributed by atoms with Crippen molar-refractivity contribution in [1.29, 1.82) is 0 Å². The molecule has 110 valence electrons. The van der Waals surface area contributed by atoms with Crippen LogP contribution in [0.25, 0.3) is 11.1 Å². The van der Waals surface area contributed by atoms with Gasteiger partial charge in [-0.2, -0.15) is 0 Å². The zero-order valence-corrected chi connectivity index (χ0v) is 12.6. The highest BCUT2D eigenvalue weighted by molar-refractivity contribution is 5.83. The van der Waals surface area contributed by atoms with Gasteiger partial charge in [0.1, 0.15) is 0 Å². The highest BCUT2D eigenvalue weighted by atomic mass is 16.4. The Kier molecular flexibility index (Phi) is 3.50. The first-order valence-corrected chi connectivity index (χ1v) is 7.40. The van der Waals surface area contributed by atoms with Crippen molar-refractivity contribution in [2.75, 3.05) is 5.32 Å². The van der Waals surface area contributed by atoms with E-state index in [1.807, 2.05) is 0 Å². The van der Waals surface area contributed by atoms with Gasteiger partial charge < -0.3 is 14.8 Å². The molecule has 0 bridgehead atoms. The zero-order valence-electron chi connectivity index (χ0n) is 12.6. The third kappa shape index (κ3) is 2.68. The lowest BCUT2D eigenvalue weighted by Crippen LogP contribution is -2.01. The number of aromatic hydroxyl groups is 1. The summed E-state index contributed by atoms with van der Waals surface area (Å²) in [5.41, 5.74) is 4.09.